The van der Waals surface area contributed by atoms with E-state index in [1.54, 1.807) is 12.2 Å². The molecule has 0 spiro atoms. The minimum absolute atomic E-state index is 0.133. The highest BCUT2D eigenvalue weighted by molar-refractivity contribution is 5.79. The van der Waals surface area contributed by atoms with E-state index in [0.29, 0.717) is 6.54 Å². The largest absolute Gasteiger partial charge is 0.468 e. The summed E-state index contributed by atoms with van der Waals surface area (Å²) in [5, 5.41) is 1.72. The van der Waals surface area contributed by atoms with Gasteiger partial charge < -0.3 is 10.1 Å². The maximum absolute atomic E-state index is 11.8. The van der Waals surface area contributed by atoms with Crippen LogP contribution in [-0.4, -0.2) is 56.2 Å². The summed E-state index contributed by atoms with van der Waals surface area (Å²) in [7, 11) is 1.19. The smallest absolute Gasteiger partial charge is 0.405 e. The molecule has 0 rings (SSSR count). The Morgan fingerprint density at radius 3 is 2.29 bits per heavy atom. The Labute approximate surface area is 96.9 Å². The van der Waals surface area contributed by atoms with Gasteiger partial charge in [-0.25, -0.2) is 0 Å². The van der Waals surface area contributed by atoms with Gasteiger partial charge in [-0.2, -0.15) is 13.2 Å². The lowest BCUT2D eigenvalue weighted by Crippen LogP contribution is -2.42. The van der Waals surface area contributed by atoms with Crippen LogP contribution in [0.25, 0.3) is 0 Å². The Hall–Kier alpha value is -1.31. The van der Waals surface area contributed by atoms with Crippen LogP contribution in [0, 0.1) is 0 Å². The second kappa shape index (κ2) is 7.10. The van der Waals surface area contributed by atoms with Gasteiger partial charge in [-0.05, 0) is 6.54 Å². The molecule has 0 heterocycles. The molecule has 5 nitrogen and oxygen atoms in total. The molecular weight excluding hydrogens is 241 g/mol. The number of carbonyl (C=O) groups is 2. The van der Waals surface area contributed by atoms with Crippen molar-refractivity contribution in [3.05, 3.63) is 0 Å². The van der Waals surface area contributed by atoms with Gasteiger partial charge >= 0.3 is 12.1 Å². The third-order valence-electron chi connectivity index (χ3n) is 1.88. The van der Waals surface area contributed by atoms with Crippen LogP contribution in [-0.2, 0) is 14.3 Å². The molecule has 1 N–H and O–H groups in total. The van der Waals surface area contributed by atoms with Crippen LogP contribution in [0.3, 0.4) is 0 Å². The minimum Gasteiger partial charge on any atom is -0.468 e. The predicted octanol–water partition coefficient (Wildman–Crippen LogP) is 0.160. The van der Waals surface area contributed by atoms with Gasteiger partial charge in [0, 0.05) is 0 Å². The molecule has 0 atom stereocenters. The monoisotopic (exact) mass is 256 g/mol. The van der Waals surface area contributed by atoms with Crippen molar-refractivity contribution in [1.82, 2.24) is 10.2 Å². The quantitative estimate of drug-likeness (QED) is 0.688. The van der Waals surface area contributed by atoms with Gasteiger partial charge in [-0.3, -0.25) is 14.5 Å². The van der Waals surface area contributed by atoms with Gasteiger partial charge in [-0.15, -0.1) is 0 Å². The molecule has 0 aromatic rings. The van der Waals surface area contributed by atoms with Crippen molar-refractivity contribution in [2.45, 2.75) is 13.1 Å². The van der Waals surface area contributed by atoms with Crippen LogP contribution >= 0.6 is 0 Å². The molecule has 0 aliphatic rings. The third-order valence-corrected chi connectivity index (χ3v) is 1.88. The highest BCUT2D eigenvalue weighted by Gasteiger charge is 2.28. The molecule has 0 fully saturated rings. The molecule has 0 bridgehead atoms. The molecule has 0 aliphatic carbocycles. The summed E-state index contributed by atoms with van der Waals surface area (Å²) in [6.07, 6.45) is -4.44. The van der Waals surface area contributed by atoms with E-state index in [2.05, 4.69) is 4.74 Å². The number of hydrogen-bond donors (Lipinski definition) is 1. The molecule has 0 aromatic carbocycles. The van der Waals surface area contributed by atoms with Crippen LogP contribution in [0.4, 0.5) is 13.2 Å². The summed E-state index contributed by atoms with van der Waals surface area (Å²) < 4.78 is 39.8. The van der Waals surface area contributed by atoms with E-state index in [1.807, 2.05) is 0 Å². The second-order valence-corrected chi connectivity index (χ2v) is 3.27. The van der Waals surface area contributed by atoms with Crippen molar-refractivity contribution in [2.24, 2.45) is 0 Å². The van der Waals surface area contributed by atoms with Crippen molar-refractivity contribution in [1.29, 1.82) is 0 Å². The Morgan fingerprint density at radius 1 is 1.29 bits per heavy atom. The molecule has 1 amide bonds. The van der Waals surface area contributed by atoms with Crippen molar-refractivity contribution in [3.63, 3.8) is 0 Å². The Balaban J connectivity index is 4.02. The molecule has 0 unspecified atom stereocenters. The molecule has 100 valence electrons. The lowest BCUT2D eigenvalue weighted by Gasteiger charge is -2.18. The third kappa shape index (κ3) is 8.49. The van der Waals surface area contributed by atoms with Crippen molar-refractivity contribution < 1.29 is 27.5 Å². The van der Waals surface area contributed by atoms with Crippen LogP contribution < -0.4 is 5.32 Å². The van der Waals surface area contributed by atoms with E-state index in [4.69, 9.17) is 0 Å². The fraction of sp³-hybridized carbons (Fsp3) is 0.778. The second-order valence-electron chi connectivity index (χ2n) is 3.27. The Kier molecular flexibility index (Phi) is 6.55. The van der Waals surface area contributed by atoms with Gasteiger partial charge in [-0.1, -0.05) is 6.92 Å². The Bertz CT molecular complexity index is 269. The summed E-state index contributed by atoms with van der Waals surface area (Å²) in [4.78, 5) is 23.4. The molecule has 0 saturated heterocycles. The number of carbonyl (C=O) groups excluding carboxylic acids is 2. The van der Waals surface area contributed by atoms with E-state index in [9.17, 15) is 22.8 Å². The van der Waals surface area contributed by atoms with Crippen LogP contribution in [0.5, 0.6) is 0 Å². The number of esters is 1. The van der Waals surface area contributed by atoms with Crippen molar-refractivity contribution >= 4 is 11.9 Å². The fourth-order valence-corrected chi connectivity index (χ4v) is 0.984. The first kappa shape index (κ1) is 15.7. The lowest BCUT2D eigenvalue weighted by atomic mass is 10.4. The van der Waals surface area contributed by atoms with E-state index in [1.165, 1.54) is 12.0 Å². The Morgan fingerprint density at radius 2 is 1.88 bits per heavy atom. The van der Waals surface area contributed by atoms with Gasteiger partial charge in [0.2, 0.25) is 5.91 Å². The highest BCUT2D eigenvalue weighted by atomic mass is 19.4. The number of alkyl halides is 3. The summed E-state index contributed by atoms with van der Waals surface area (Å²) in [6, 6.07) is 0. The number of methoxy groups -OCH3 is 1. The van der Waals surface area contributed by atoms with Gasteiger partial charge in [0.05, 0.1) is 20.2 Å². The number of ether oxygens (including phenoxy) is 1. The first-order valence-corrected chi connectivity index (χ1v) is 4.91. The van der Waals surface area contributed by atoms with E-state index < -0.39 is 24.6 Å². The molecule has 17 heavy (non-hydrogen) atoms. The highest BCUT2D eigenvalue weighted by Crippen LogP contribution is 2.11. The fourth-order valence-electron chi connectivity index (χ4n) is 0.984. The SMILES string of the molecule is CCN(CC(=O)NCC(F)(F)F)CC(=O)OC. The molecule has 0 aromatic heterocycles. The lowest BCUT2D eigenvalue weighted by molar-refractivity contribution is -0.143. The maximum atomic E-state index is 11.8. The molecule has 0 saturated carbocycles. The van der Waals surface area contributed by atoms with Gasteiger partial charge in [0.15, 0.2) is 0 Å². The zero-order valence-electron chi connectivity index (χ0n) is 9.63. The van der Waals surface area contributed by atoms with Crippen LogP contribution in [0.1, 0.15) is 6.92 Å². The zero-order chi connectivity index (χ0) is 13.5. The maximum Gasteiger partial charge on any atom is 0.405 e. The van der Waals surface area contributed by atoms with Crippen LogP contribution in [0.2, 0.25) is 0 Å². The number of likely N-dealkylation sites (N-methyl/N-ethyl adjacent to an activating group) is 1. The zero-order valence-corrected chi connectivity index (χ0v) is 9.63. The topological polar surface area (TPSA) is 58.6 Å². The van der Waals surface area contributed by atoms with Crippen LogP contribution in [0.15, 0.2) is 0 Å². The number of nitrogens with one attached hydrogen (secondary N) is 1. The van der Waals surface area contributed by atoms with Gasteiger partial charge in [0.25, 0.3) is 0 Å². The summed E-state index contributed by atoms with van der Waals surface area (Å²) in [6.45, 7) is 0.254. The van der Waals surface area contributed by atoms with Crippen molar-refractivity contribution in [3.8, 4) is 0 Å². The first-order chi connectivity index (χ1) is 7.78. The molecular formula is C9H15F3N2O3. The predicted molar refractivity (Wildman–Crippen MR) is 53.2 cm³/mol. The van der Waals surface area contributed by atoms with E-state index >= 15 is 0 Å². The van der Waals surface area contributed by atoms with E-state index in [-0.39, 0.29) is 13.1 Å². The molecule has 8 heteroatoms. The number of hydrogen-bond acceptors (Lipinski definition) is 4. The average Bonchev–Trinajstić information content (AvgIpc) is 2.24. The molecule has 0 radical (unpaired) electrons. The normalized spacial score (nSPS) is 11.4. The first-order valence-electron chi connectivity index (χ1n) is 4.91. The van der Waals surface area contributed by atoms with Gasteiger partial charge in [0.1, 0.15) is 6.54 Å². The minimum atomic E-state index is -4.44. The summed E-state index contributed by atoms with van der Waals surface area (Å²) >= 11 is 0. The number of nitrogens with zero attached hydrogens (tertiary/aromatic N) is 1. The summed E-state index contributed by atoms with van der Waals surface area (Å²) in [5.74, 6) is -1.33. The standard InChI is InChI=1S/C9H15F3N2O3/c1-3-14(5-8(16)17-2)4-7(15)13-6-9(10,11)12/h3-6H2,1-2H3,(H,13,15). The molecule has 0 aliphatic heterocycles. The number of halogens is 3. The van der Waals surface area contributed by atoms with E-state index in [0.717, 1.165) is 0 Å². The summed E-state index contributed by atoms with van der Waals surface area (Å²) in [5.41, 5.74) is 0. The van der Waals surface area contributed by atoms with Crippen molar-refractivity contribution in [2.75, 3.05) is 33.3 Å². The average molecular weight is 256 g/mol. The number of amides is 1. The number of rotatable bonds is 6.